The van der Waals surface area contributed by atoms with E-state index in [2.05, 4.69) is 13.8 Å². The number of piperidine rings is 1. The van der Waals surface area contributed by atoms with E-state index >= 15 is 0 Å². The number of carbonyl (C=O) groups is 1. The Morgan fingerprint density at radius 3 is 2.48 bits per heavy atom. The Hall–Kier alpha value is -0.770. The van der Waals surface area contributed by atoms with Crippen molar-refractivity contribution in [2.24, 2.45) is 23.0 Å². The van der Waals surface area contributed by atoms with Gasteiger partial charge >= 0.3 is 6.09 Å². The van der Waals surface area contributed by atoms with Gasteiger partial charge in [0.2, 0.25) is 0 Å². The van der Waals surface area contributed by atoms with Crippen LogP contribution in [0.2, 0.25) is 0 Å². The molecule has 0 radical (unpaired) electrons. The number of hydrogen-bond donors (Lipinski definition) is 1. The third-order valence-electron chi connectivity index (χ3n) is 5.20. The third kappa shape index (κ3) is 4.12. The van der Waals surface area contributed by atoms with E-state index in [1.54, 1.807) is 0 Å². The molecule has 2 N–H and O–H groups in total. The molecular formula is C17H32N2O2. The van der Waals surface area contributed by atoms with Crippen LogP contribution in [-0.4, -0.2) is 35.7 Å². The minimum atomic E-state index is -0.408. The molecule has 122 valence electrons. The molecular weight excluding hydrogens is 264 g/mol. The smallest absolute Gasteiger partial charge is 0.410 e. The molecule has 21 heavy (non-hydrogen) atoms. The summed E-state index contributed by atoms with van der Waals surface area (Å²) >= 11 is 0. The number of nitrogens with zero attached hydrogens (tertiary/aromatic N) is 1. The molecule has 1 aliphatic carbocycles. The van der Waals surface area contributed by atoms with Crippen molar-refractivity contribution in [3.05, 3.63) is 0 Å². The van der Waals surface area contributed by atoms with Gasteiger partial charge in [-0.1, -0.05) is 13.8 Å². The summed E-state index contributed by atoms with van der Waals surface area (Å²) < 4.78 is 5.48. The largest absolute Gasteiger partial charge is 0.444 e. The summed E-state index contributed by atoms with van der Waals surface area (Å²) in [6.45, 7) is 12.0. The maximum absolute atomic E-state index is 12.1. The van der Waals surface area contributed by atoms with Gasteiger partial charge in [-0.05, 0) is 63.7 Å². The maximum atomic E-state index is 12.1. The first-order chi connectivity index (χ1) is 9.61. The molecule has 0 aromatic heterocycles. The van der Waals surface area contributed by atoms with Crippen LogP contribution >= 0.6 is 0 Å². The topological polar surface area (TPSA) is 55.6 Å². The lowest BCUT2D eigenvalue weighted by Gasteiger charge is -2.34. The Labute approximate surface area is 129 Å². The Balaban J connectivity index is 1.77. The van der Waals surface area contributed by atoms with Crippen molar-refractivity contribution in [3.63, 3.8) is 0 Å². The Morgan fingerprint density at radius 1 is 1.33 bits per heavy atom. The second kappa shape index (κ2) is 5.79. The number of amides is 1. The summed E-state index contributed by atoms with van der Waals surface area (Å²) in [7, 11) is 0. The van der Waals surface area contributed by atoms with Gasteiger partial charge < -0.3 is 15.4 Å². The summed E-state index contributed by atoms with van der Waals surface area (Å²) in [5.74, 6) is 1.27. The lowest BCUT2D eigenvalue weighted by molar-refractivity contribution is 0.0159. The van der Waals surface area contributed by atoms with E-state index < -0.39 is 5.60 Å². The lowest BCUT2D eigenvalue weighted by atomic mass is 9.91. The average Bonchev–Trinajstić information content (AvgIpc) is 2.84. The van der Waals surface area contributed by atoms with Crippen molar-refractivity contribution < 1.29 is 9.53 Å². The zero-order valence-electron chi connectivity index (χ0n) is 14.3. The number of nitrogens with two attached hydrogens (primary N) is 1. The second-order valence-electron chi connectivity index (χ2n) is 8.47. The van der Waals surface area contributed by atoms with Crippen molar-refractivity contribution >= 4 is 6.09 Å². The van der Waals surface area contributed by atoms with Crippen LogP contribution in [0.3, 0.4) is 0 Å². The molecule has 3 atom stereocenters. The highest BCUT2D eigenvalue weighted by Gasteiger charge is 2.54. The quantitative estimate of drug-likeness (QED) is 0.868. The third-order valence-corrected chi connectivity index (χ3v) is 5.20. The summed E-state index contributed by atoms with van der Waals surface area (Å²) in [6.07, 6.45) is 4.53. The van der Waals surface area contributed by atoms with Crippen molar-refractivity contribution in [2.45, 2.75) is 71.9 Å². The van der Waals surface area contributed by atoms with Gasteiger partial charge in [0.15, 0.2) is 0 Å². The standard InChI is InChI=1S/C17H32N2O2/c1-16(2,3)21-15(20)19-10-6-7-12(11-19)8-9-13-14(18)17(13,4)5/h12-14H,6-11,18H2,1-5H3. The first-order valence-electron chi connectivity index (χ1n) is 8.35. The van der Waals surface area contributed by atoms with Crippen molar-refractivity contribution in [1.29, 1.82) is 0 Å². The van der Waals surface area contributed by atoms with Crippen LogP contribution in [-0.2, 0) is 4.74 Å². The Bertz CT molecular complexity index is 387. The number of carbonyl (C=O) groups excluding carboxylic acids is 1. The highest BCUT2D eigenvalue weighted by Crippen LogP contribution is 2.53. The normalized spacial score (nSPS) is 31.9. The van der Waals surface area contributed by atoms with Crippen LogP contribution in [0.15, 0.2) is 0 Å². The predicted molar refractivity (Wildman–Crippen MR) is 85.0 cm³/mol. The highest BCUT2D eigenvalue weighted by molar-refractivity contribution is 5.68. The van der Waals surface area contributed by atoms with Gasteiger partial charge in [0.25, 0.3) is 0 Å². The van der Waals surface area contributed by atoms with Crippen molar-refractivity contribution in [3.8, 4) is 0 Å². The Morgan fingerprint density at radius 2 is 1.95 bits per heavy atom. The van der Waals surface area contributed by atoms with Gasteiger partial charge in [0.1, 0.15) is 5.60 Å². The number of hydrogen-bond acceptors (Lipinski definition) is 3. The first kappa shape index (κ1) is 16.6. The minimum Gasteiger partial charge on any atom is -0.444 e. The van der Waals surface area contributed by atoms with Crippen LogP contribution in [0.4, 0.5) is 4.79 Å². The number of ether oxygens (including phenoxy) is 1. The van der Waals surface area contributed by atoms with Gasteiger partial charge in [0, 0.05) is 19.1 Å². The van der Waals surface area contributed by atoms with Crippen LogP contribution in [0.5, 0.6) is 0 Å². The molecule has 1 aliphatic heterocycles. The molecule has 4 nitrogen and oxygen atoms in total. The molecule has 2 aliphatic rings. The number of likely N-dealkylation sites (tertiary alicyclic amines) is 1. The lowest BCUT2D eigenvalue weighted by Crippen LogP contribution is -2.42. The molecule has 1 heterocycles. The first-order valence-corrected chi connectivity index (χ1v) is 8.35. The Kier molecular flexibility index (Phi) is 4.57. The van der Waals surface area contributed by atoms with Gasteiger partial charge in [0.05, 0.1) is 0 Å². The van der Waals surface area contributed by atoms with E-state index in [-0.39, 0.29) is 6.09 Å². The van der Waals surface area contributed by atoms with E-state index in [0.717, 1.165) is 19.5 Å². The van der Waals surface area contributed by atoms with E-state index in [9.17, 15) is 4.79 Å². The molecule has 0 bridgehead atoms. The van der Waals surface area contributed by atoms with Crippen LogP contribution in [0, 0.1) is 17.3 Å². The van der Waals surface area contributed by atoms with E-state index in [1.807, 2.05) is 25.7 Å². The SMILES string of the molecule is CC(C)(C)OC(=O)N1CCCC(CCC2C(N)C2(C)C)C1. The van der Waals surface area contributed by atoms with Crippen LogP contribution in [0.25, 0.3) is 0 Å². The zero-order valence-corrected chi connectivity index (χ0v) is 14.3. The van der Waals surface area contributed by atoms with Crippen LogP contribution < -0.4 is 5.73 Å². The fourth-order valence-corrected chi connectivity index (χ4v) is 3.55. The van der Waals surface area contributed by atoms with E-state index in [4.69, 9.17) is 10.5 Å². The fourth-order valence-electron chi connectivity index (χ4n) is 3.55. The van der Waals surface area contributed by atoms with Crippen molar-refractivity contribution in [1.82, 2.24) is 4.90 Å². The average molecular weight is 296 g/mol. The summed E-state index contributed by atoms with van der Waals surface area (Å²) in [4.78, 5) is 14.0. The fraction of sp³-hybridized carbons (Fsp3) is 0.941. The highest BCUT2D eigenvalue weighted by atomic mass is 16.6. The van der Waals surface area contributed by atoms with Gasteiger partial charge in [-0.3, -0.25) is 0 Å². The minimum absolute atomic E-state index is 0.157. The van der Waals surface area contributed by atoms with E-state index in [0.29, 0.717) is 23.3 Å². The molecule has 2 rings (SSSR count). The second-order valence-corrected chi connectivity index (χ2v) is 8.47. The molecule has 1 amide bonds. The van der Waals surface area contributed by atoms with Gasteiger partial charge in [-0.2, -0.15) is 0 Å². The van der Waals surface area contributed by atoms with Gasteiger partial charge in [-0.25, -0.2) is 4.79 Å². The molecule has 2 fully saturated rings. The summed E-state index contributed by atoms with van der Waals surface area (Å²) in [5, 5.41) is 0. The number of rotatable bonds is 3. The van der Waals surface area contributed by atoms with Crippen LogP contribution in [0.1, 0.15) is 60.3 Å². The monoisotopic (exact) mass is 296 g/mol. The molecule has 4 heteroatoms. The van der Waals surface area contributed by atoms with Gasteiger partial charge in [-0.15, -0.1) is 0 Å². The molecule has 0 aromatic rings. The van der Waals surface area contributed by atoms with Crippen molar-refractivity contribution in [2.75, 3.05) is 13.1 Å². The molecule has 1 saturated carbocycles. The molecule has 0 spiro atoms. The summed E-state index contributed by atoms with van der Waals surface area (Å²) in [5.41, 5.74) is 6.03. The summed E-state index contributed by atoms with van der Waals surface area (Å²) in [6, 6.07) is 0.364. The maximum Gasteiger partial charge on any atom is 0.410 e. The molecule has 1 saturated heterocycles. The zero-order chi connectivity index (χ0) is 15.8. The molecule has 3 unspecified atom stereocenters. The molecule has 0 aromatic carbocycles. The predicted octanol–water partition coefficient (Wildman–Crippen LogP) is 3.40. The van der Waals surface area contributed by atoms with E-state index in [1.165, 1.54) is 19.3 Å².